The number of piperazine rings is 1. The van der Waals surface area contributed by atoms with Crippen LogP contribution in [-0.2, 0) is 15.4 Å². The van der Waals surface area contributed by atoms with Gasteiger partial charge in [-0.3, -0.25) is 4.79 Å². The minimum atomic E-state index is -3.67. The number of amides is 1. The lowest BCUT2D eigenvalue weighted by Gasteiger charge is -2.34. The van der Waals surface area contributed by atoms with Crippen molar-refractivity contribution in [2.24, 2.45) is 0 Å². The van der Waals surface area contributed by atoms with Gasteiger partial charge in [0.2, 0.25) is 10.0 Å². The van der Waals surface area contributed by atoms with E-state index >= 15 is 0 Å². The smallest absolute Gasteiger partial charge is 0.253 e. The van der Waals surface area contributed by atoms with Gasteiger partial charge in [0.1, 0.15) is 4.90 Å². The predicted molar refractivity (Wildman–Crippen MR) is 111 cm³/mol. The average Bonchev–Trinajstić information content (AvgIpc) is 2.67. The molecule has 2 aromatic rings. The third-order valence-electron chi connectivity index (χ3n) is 4.98. The molecule has 1 fully saturated rings. The Labute approximate surface area is 172 Å². The van der Waals surface area contributed by atoms with Crippen LogP contribution in [0.2, 0.25) is 5.02 Å². The summed E-state index contributed by atoms with van der Waals surface area (Å²) in [5.41, 5.74) is 1.82. The molecule has 150 valence electrons. The number of halogens is 1. The molecule has 1 aliphatic rings. The molecular weight excluding hydrogens is 396 g/mol. The van der Waals surface area contributed by atoms with Gasteiger partial charge in [0.15, 0.2) is 0 Å². The fourth-order valence-electron chi connectivity index (χ4n) is 3.22. The molecule has 0 N–H and O–H groups in total. The number of hydrogen-bond acceptors (Lipinski definition) is 3. The van der Waals surface area contributed by atoms with Gasteiger partial charge in [0.05, 0.1) is 5.02 Å². The average molecular weight is 421 g/mol. The maximum absolute atomic E-state index is 12.8. The standard InChI is InChI=1S/C21H25ClN2O3S/c1-21(2,3)17-10-8-16(9-11-17)20(25)23-12-14-24(15-13-23)28(26,27)19-7-5-4-6-18(19)22/h4-11H,12-15H2,1-3H3. The van der Waals surface area contributed by atoms with E-state index in [0.717, 1.165) is 0 Å². The zero-order valence-corrected chi connectivity index (χ0v) is 17.9. The number of rotatable bonds is 3. The summed E-state index contributed by atoms with van der Waals surface area (Å²) in [5, 5.41) is 0.208. The Bertz CT molecular complexity index is 958. The van der Waals surface area contributed by atoms with E-state index < -0.39 is 10.0 Å². The number of carbonyl (C=O) groups is 1. The predicted octanol–water partition coefficient (Wildman–Crippen LogP) is 3.78. The molecule has 1 saturated heterocycles. The van der Waals surface area contributed by atoms with E-state index in [1.165, 1.54) is 15.9 Å². The lowest BCUT2D eigenvalue weighted by atomic mass is 9.86. The van der Waals surface area contributed by atoms with E-state index in [4.69, 9.17) is 11.6 Å². The van der Waals surface area contributed by atoms with Crippen LogP contribution in [0.4, 0.5) is 0 Å². The minimum Gasteiger partial charge on any atom is -0.336 e. The molecular formula is C21H25ClN2O3S. The van der Waals surface area contributed by atoms with Crippen molar-refractivity contribution in [1.82, 2.24) is 9.21 Å². The van der Waals surface area contributed by atoms with Crippen LogP contribution in [0, 0.1) is 0 Å². The van der Waals surface area contributed by atoms with Crippen molar-refractivity contribution in [3.63, 3.8) is 0 Å². The third-order valence-corrected chi connectivity index (χ3v) is 7.38. The van der Waals surface area contributed by atoms with E-state index in [9.17, 15) is 13.2 Å². The van der Waals surface area contributed by atoms with Crippen LogP contribution in [-0.4, -0.2) is 49.7 Å². The summed E-state index contributed by atoms with van der Waals surface area (Å²) >= 11 is 6.06. The Morgan fingerprint density at radius 3 is 2.04 bits per heavy atom. The zero-order chi connectivity index (χ0) is 20.5. The maximum atomic E-state index is 12.8. The number of carbonyl (C=O) groups excluding carboxylic acids is 1. The van der Waals surface area contributed by atoms with Gasteiger partial charge in [0, 0.05) is 31.7 Å². The van der Waals surface area contributed by atoms with Gasteiger partial charge >= 0.3 is 0 Å². The first-order chi connectivity index (χ1) is 13.1. The van der Waals surface area contributed by atoms with Crippen molar-refractivity contribution < 1.29 is 13.2 Å². The molecule has 28 heavy (non-hydrogen) atoms. The summed E-state index contributed by atoms with van der Waals surface area (Å²) in [6.07, 6.45) is 0. The van der Waals surface area contributed by atoms with Crippen molar-refractivity contribution in [3.05, 3.63) is 64.7 Å². The molecule has 0 radical (unpaired) electrons. The van der Waals surface area contributed by atoms with Crippen LogP contribution >= 0.6 is 11.6 Å². The van der Waals surface area contributed by atoms with Gasteiger partial charge in [-0.1, -0.05) is 56.6 Å². The fourth-order valence-corrected chi connectivity index (χ4v) is 5.14. The lowest BCUT2D eigenvalue weighted by Crippen LogP contribution is -2.50. The molecule has 0 unspecified atom stereocenters. The van der Waals surface area contributed by atoms with Crippen molar-refractivity contribution >= 4 is 27.5 Å². The second-order valence-corrected chi connectivity index (χ2v) is 10.3. The first-order valence-electron chi connectivity index (χ1n) is 9.25. The molecule has 0 aliphatic carbocycles. The number of sulfonamides is 1. The van der Waals surface area contributed by atoms with E-state index in [0.29, 0.717) is 18.7 Å². The quantitative estimate of drug-likeness (QED) is 0.759. The van der Waals surface area contributed by atoms with Crippen LogP contribution in [0.1, 0.15) is 36.7 Å². The molecule has 7 heteroatoms. The van der Waals surface area contributed by atoms with Crippen molar-refractivity contribution in [1.29, 1.82) is 0 Å². The van der Waals surface area contributed by atoms with Crippen LogP contribution in [0.3, 0.4) is 0 Å². The molecule has 5 nitrogen and oxygen atoms in total. The normalized spacial score (nSPS) is 16.2. The summed E-state index contributed by atoms with van der Waals surface area (Å²) in [7, 11) is -3.67. The Morgan fingerprint density at radius 2 is 1.50 bits per heavy atom. The van der Waals surface area contributed by atoms with Gasteiger partial charge in [-0.05, 0) is 35.2 Å². The van der Waals surface area contributed by atoms with E-state index in [-0.39, 0.29) is 34.3 Å². The molecule has 3 rings (SSSR count). The maximum Gasteiger partial charge on any atom is 0.253 e. The van der Waals surface area contributed by atoms with Gasteiger partial charge in [-0.2, -0.15) is 4.31 Å². The molecule has 1 amide bonds. The molecule has 0 bridgehead atoms. The monoisotopic (exact) mass is 420 g/mol. The second kappa shape index (κ2) is 7.85. The Hall–Kier alpha value is -1.89. The van der Waals surface area contributed by atoms with Crippen LogP contribution in [0.5, 0.6) is 0 Å². The zero-order valence-electron chi connectivity index (χ0n) is 16.4. The highest BCUT2D eigenvalue weighted by Gasteiger charge is 2.31. The highest BCUT2D eigenvalue weighted by atomic mass is 35.5. The molecule has 2 aromatic carbocycles. The molecule has 1 heterocycles. The van der Waals surface area contributed by atoms with Gasteiger partial charge in [0.25, 0.3) is 5.91 Å². The molecule has 0 atom stereocenters. The Balaban J connectivity index is 1.68. The minimum absolute atomic E-state index is 0.0281. The van der Waals surface area contributed by atoms with E-state index in [2.05, 4.69) is 20.8 Å². The van der Waals surface area contributed by atoms with Crippen molar-refractivity contribution in [3.8, 4) is 0 Å². The van der Waals surface area contributed by atoms with Crippen LogP contribution in [0.15, 0.2) is 53.4 Å². The topological polar surface area (TPSA) is 57.7 Å². The van der Waals surface area contributed by atoms with Gasteiger partial charge in [-0.25, -0.2) is 8.42 Å². The second-order valence-electron chi connectivity index (χ2n) is 7.95. The summed E-state index contributed by atoms with van der Waals surface area (Å²) in [6, 6.07) is 14.1. The summed E-state index contributed by atoms with van der Waals surface area (Å²) in [6.45, 7) is 7.58. The fraction of sp³-hybridized carbons (Fsp3) is 0.381. The molecule has 0 spiro atoms. The number of nitrogens with zero attached hydrogens (tertiary/aromatic N) is 2. The highest BCUT2D eigenvalue weighted by Crippen LogP contribution is 2.26. The summed E-state index contributed by atoms with van der Waals surface area (Å²) < 4.78 is 27.0. The lowest BCUT2D eigenvalue weighted by molar-refractivity contribution is 0.0698. The first kappa shape index (κ1) is 20.8. The number of benzene rings is 2. The molecule has 0 aromatic heterocycles. The number of hydrogen-bond donors (Lipinski definition) is 0. The van der Waals surface area contributed by atoms with Crippen molar-refractivity contribution in [2.45, 2.75) is 31.1 Å². The Morgan fingerprint density at radius 1 is 0.929 bits per heavy atom. The Kier molecular flexibility index (Phi) is 5.84. The van der Waals surface area contributed by atoms with Crippen LogP contribution < -0.4 is 0 Å². The SMILES string of the molecule is CC(C)(C)c1ccc(C(=O)N2CCN(S(=O)(=O)c3ccccc3Cl)CC2)cc1. The highest BCUT2D eigenvalue weighted by molar-refractivity contribution is 7.89. The largest absolute Gasteiger partial charge is 0.336 e. The van der Waals surface area contributed by atoms with Gasteiger partial charge < -0.3 is 4.90 Å². The van der Waals surface area contributed by atoms with E-state index in [1.807, 2.05) is 24.3 Å². The van der Waals surface area contributed by atoms with E-state index in [1.54, 1.807) is 23.1 Å². The van der Waals surface area contributed by atoms with Crippen molar-refractivity contribution in [2.75, 3.05) is 26.2 Å². The molecule has 0 saturated carbocycles. The van der Waals surface area contributed by atoms with Crippen LogP contribution in [0.25, 0.3) is 0 Å². The van der Waals surface area contributed by atoms with Gasteiger partial charge in [-0.15, -0.1) is 0 Å². The summed E-state index contributed by atoms with van der Waals surface area (Å²) in [5.74, 6) is -0.0738. The first-order valence-corrected chi connectivity index (χ1v) is 11.1. The third kappa shape index (κ3) is 4.24. The summed E-state index contributed by atoms with van der Waals surface area (Å²) in [4.78, 5) is 14.6. The molecule has 1 aliphatic heterocycles.